The second-order valence-electron chi connectivity index (χ2n) is 4.99. The van der Waals surface area contributed by atoms with E-state index in [9.17, 15) is 13.2 Å². The molecule has 0 fully saturated rings. The van der Waals surface area contributed by atoms with Crippen molar-refractivity contribution in [2.45, 2.75) is 19.5 Å². The van der Waals surface area contributed by atoms with E-state index in [0.29, 0.717) is 25.2 Å². The normalized spacial score (nSPS) is 11.7. The van der Waals surface area contributed by atoms with Gasteiger partial charge in [-0.2, -0.15) is 0 Å². The van der Waals surface area contributed by atoms with Gasteiger partial charge in [-0.25, -0.2) is 0 Å². The smallest absolute Gasteiger partial charge is 0.406 e. The quantitative estimate of drug-likeness (QED) is 0.850. The summed E-state index contributed by atoms with van der Waals surface area (Å²) >= 11 is 0. The highest BCUT2D eigenvalue weighted by Gasteiger charge is 2.31. The van der Waals surface area contributed by atoms with Gasteiger partial charge >= 0.3 is 6.36 Å². The number of rotatable bonds is 7. The van der Waals surface area contributed by atoms with Crippen molar-refractivity contribution in [3.63, 3.8) is 0 Å². The zero-order chi connectivity index (χ0) is 16.7. The average Bonchev–Trinajstić information content (AvgIpc) is 2.47. The van der Waals surface area contributed by atoms with Crippen LogP contribution in [0.3, 0.4) is 0 Å². The maximum atomic E-state index is 12.3. The Bertz CT molecular complexity index is 606. The lowest BCUT2D eigenvalue weighted by Gasteiger charge is -2.21. The Balaban J connectivity index is 2.06. The zero-order valence-electron chi connectivity index (χ0n) is 12.3. The van der Waals surface area contributed by atoms with E-state index in [4.69, 9.17) is 5.11 Å². The van der Waals surface area contributed by atoms with Crippen molar-refractivity contribution in [1.82, 2.24) is 9.88 Å². The number of alkyl halides is 3. The second-order valence-corrected chi connectivity index (χ2v) is 4.99. The van der Waals surface area contributed by atoms with E-state index in [2.05, 4.69) is 9.72 Å². The summed E-state index contributed by atoms with van der Waals surface area (Å²) < 4.78 is 40.7. The van der Waals surface area contributed by atoms with Crippen LogP contribution < -0.4 is 4.74 Å². The third-order valence-corrected chi connectivity index (χ3v) is 3.08. The van der Waals surface area contributed by atoms with E-state index in [1.54, 1.807) is 18.5 Å². The summed E-state index contributed by atoms with van der Waals surface area (Å²) in [7, 11) is 0. The fourth-order valence-corrected chi connectivity index (χ4v) is 2.20. The largest absolute Gasteiger partial charge is 0.573 e. The summed E-state index contributed by atoms with van der Waals surface area (Å²) in [6, 6.07) is 9.55. The molecule has 0 atom stereocenters. The summed E-state index contributed by atoms with van der Waals surface area (Å²) in [6.07, 6.45) is -1.33. The van der Waals surface area contributed by atoms with Gasteiger partial charge in [0.25, 0.3) is 0 Å². The van der Waals surface area contributed by atoms with Gasteiger partial charge in [0, 0.05) is 32.0 Å². The number of aliphatic hydroxyl groups excluding tert-OH is 1. The van der Waals surface area contributed by atoms with E-state index in [-0.39, 0.29) is 12.4 Å². The van der Waals surface area contributed by atoms with E-state index < -0.39 is 6.36 Å². The molecule has 0 spiro atoms. The van der Waals surface area contributed by atoms with Crippen LogP contribution in [-0.2, 0) is 13.1 Å². The summed E-state index contributed by atoms with van der Waals surface area (Å²) in [6.45, 7) is 1.29. The molecule has 23 heavy (non-hydrogen) atoms. The van der Waals surface area contributed by atoms with Crippen molar-refractivity contribution in [3.8, 4) is 5.75 Å². The van der Waals surface area contributed by atoms with E-state index in [0.717, 1.165) is 5.56 Å². The first-order chi connectivity index (χ1) is 11.0. The molecule has 1 heterocycles. The standard InChI is InChI=1S/C16H17F3N2O2/c17-16(18,19)23-15-5-1-3-13(9-15)11-21(7-8-22)12-14-4-2-6-20-10-14/h1-6,9-10,22H,7-8,11-12H2. The van der Waals surface area contributed by atoms with Gasteiger partial charge in [0.2, 0.25) is 0 Å². The number of hydrogen-bond donors (Lipinski definition) is 1. The predicted molar refractivity (Wildman–Crippen MR) is 78.6 cm³/mol. The van der Waals surface area contributed by atoms with Crippen molar-refractivity contribution >= 4 is 0 Å². The molecule has 1 N–H and O–H groups in total. The van der Waals surface area contributed by atoms with Crippen molar-refractivity contribution < 1.29 is 23.0 Å². The van der Waals surface area contributed by atoms with Crippen LogP contribution in [0.1, 0.15) is 11.1 Å². The first-order valence-corrected chi connectivity index (χ1v) is 7.03. The second kappa shape index (κ2) is 7.94. The molecule has 4 nitrogen and oxygen atoms in total. The molecule has 124 valence electrons. The van der Waals surface area contributed by atoms with Gasteiger partial charge in [0.15, 0.2) is 0 Å². The molecule has 1 aromatic carbocycles. The van der Waals surface area contributed by atoms with E-state index in [1.807, 2.05) is 17.0 Å². The molecular weight excluding hydrogens is 309 g/mol. The first-order valence-electron chi connectivity index (χ1n) is 7.03. The highest BCUT2D eigenvalue weighted by atomic mass is 19.4. The average molecular weight is 326 g/mol. The van der Waals surface area contributed by atoms with Crippen LogP contribution in [0.5, 0.6) is 5.75 Å². The van der Waals surface area contributed by atoms with Crippen molar-refractivity contribution in [3.05, 3.63) is 59.9 Å². The minimum absolute atomic E-state index is 0.0427. The molecule has 0 unspecified atom stereocenters. The van der Waals surface area contributed by atoms with E-state index in [1.165, 1.54) is 18.2 Å². The fourth-order valence-electron chi connectivity index (χ4n) is 2.20. The van der Waals surface area contributed by atoms with Crippen LogP contribution in [0, 0.1) is 0 Å². The molecule has 0 bridgehead atoms. The minimum atomic E-state index is -4.71. The lowest BCUT2D eigenvalue weighted by molar-refractivity contribution is -0.274. The number of aromatic nitrogens is 1. The zero-order valence-corrected chi connectivity index (χ0v) is 12.3. The van der Waals surface area contributed by atoms with E-state index >= 15 is 0 Å². The van der Waals surface area contributed by atoms with Gasteiger partial charge in [0.05, 0.1) is 6.61 Å². The van der Waals surface area contributed by atoms with Gasteiger partial charge in [-0.3, -0.25) is 9.88 Å². The maximum absolute atomic E-state index is 12.3. The van der Waals surface area contributed by atoms with Crippen LogP contribution in [-0.4, -0.2) is 34.5 Å². The highest BCUT2D eigenvalue weighted by Crippen LogP contribution is 2.24. The molecular formula is C16H17F3N2O2. The molecule has 0 saturated heterocycles. The molecule has 0 aliphatic heterocycles. The Kier molecular flexibility index (Phi) is 5.95. The Morgan fingerprint density at radius 3 is 2.48 bits per heavy atom. The number of aliphatic hydroxyl groups is 1. The van der Waals surface area contributed by atoms with Gasteiger partial charge in [-0.1, -0.05) is 18.2 Å². The van der Waals surface area contributed by atoms with Gasteiger partial charge in [-0.05, 0) is 29.3 Å². The summed E-state index contributed by atoms with van der Waals surface area (Å²) in [5.41, 5.74) is 1.63. The minimum Gasteiger partial charge on any atom is -0.406 e. The van der Waals surface area contributed by atoms with Crippen molar-refractivity contribution in [2.75, 3.05) is 13.2 Å². The van der Waals surface area contributed by atoms with Crippen molar-refractivity contribution in [2.24, 2.45) is 0 Å². The van der Waals surface area contributed by atoms with Gasteiger partial charge in [-0.15, -0.1) is 13.2 Å². The molecule has 2 aromatic rings. The molecule has 1 aromatic heterocycles. The topological polar surface area (TPSA) is 45.6 Å². The number of nitrogens with zero attached hydrogens (tertiary/aromatic N) is 2. The maximum Gasteiger partial charge on any atom is 0.573 e. The molecule has 0 aliphatic rings. The summed E-state index contributed by atoms with van der Waals surface area (Å²) in [5.74, 6) is -0.250. The molecule has 0 aliphatic carbocycles. The van der Waals surface area contributed by atoms with Crippen LogP contribution in [0.25, 0.3) is 0 Å². The first kappa shape index (κ1) is 17.2. The molecule has 0 radical (unpaired) electrons. The molecule has 7 heteroatoms. The summed E-state index contributed by atoms with van der Waals surface area (Å²) in [5, 5.41) is 9.17. The Morgan fingerprint density at radius 1 is 1.09 bits per heavy atom. The predicted octanol–water partition coefficient (Wildman–Crippen LogP) is 2.97. The Labute approximate surface area is 132 Å². The number of halogens is 3. The molecule has 2 rings (SSSR count). The van der Waals surface area contributed by atoms with Crippen molar-refractivity contribution in [1.29, 1.82) is 0 Å². The third-order valence-electron chi connectivity index (χ3n) is 3.08. The van der Waals surface area contributed by atoms with Gasteiger partial charge < -0.3 is 9.84 Å². The third kappa shape index (κ3) is 6.25. The number of pyridine rings is 1. The molecule has 0 saturated carbocycles. The number of hydrogen-bond acceptors (Lipinski definition) is 4. The lowest BCUT2D eigenvalue weighted by Crippen LogP contribution is -2.26. The molecule has 0 amide bonds. The van der Waals surface area contributed by atoms with Crippen LogP contribution in [0.4, 0.5) is 13.2 Å². The van der Waals surface area contributed by atoms with Crippen LogP contribution in [0.15, 0.2) is 48.8 Å². The van der Waals surface area contributed by atoms with Crippen LogP contribution >= 0.6 is 0 Å². The SMILES string of the molecule is OCCN(Cc1cccnc1)Cc1cccc(OC(F)(F)F)c1. The number of ether oxygens (including phenoxy) is 1. The monoisotopic (exact) mass is 326 g/mol. The lowest BCUT2D eigenvalue weighted by atomic mass is 10.2. The van der Waals surface area contributed by atoms with Crippen LogP contribution in [0.2, 0.25) is 0 Å². The fraction of sp³-hybridized carbons (Fsp3) is 0.312. The Morgan fingerprint density at radius 2 is 1.83 bits per heavy atom. The summed E-state index contributed by atoms with van der Waals surface area (Å²) in [4.78, 5) is 5.95. The van der Waals surface area contributed by atoms with Gasteiger partial charge in [0.1, 0.15) is 5.75 Å². The Hall–Kier alpha value is -2.12. The number of benzene rings is 1. The highest BCUT2D eigenvalue weighted by molar-refractivity contribution is 5.28.